The minimum Gasteiger partial charge on any atom is -0.374 e. The van der Waals surface area contributed by atoms with Crippen LogP contribution in [-0.2, 0) is 0 Å². The van der Waals surface area contributed by atoms with Crippen molar-refractivity contribution in [2.45, 2.75) is 32.7 Å². The number of carbonyl (C=O) groups excluding carboxylic acids is 2. The number of pyridine rings is 1. The van der Waals surface area contributed by atoms with Gasteiger partial charge in [-0.3, -0.25) is 24.5 Å². The molecule has 3 aromatic rings. The molecule has 2 saturated heterocycles. The standard InChI is InChI=1S/C30H30BrN5O5/c1-29(2)20-12-34(13-21(20)29)28(39)19-9-16(31)10-23(36(40)41)26(19)33-24-14-35(15-30(24)7-8-30)27(38)18-11-25(37)32-22-6-4-3-5-17(18)22/h3-6,9-11,20-21,24,33H,7-8,12-15H2,1-2H3,(H,32,37)/t20?,21?,24-/m0/s1. The predicted molar refractivity (Wildman–Crippen MR) is 157 cm³/mol. The molecule has 2 amide bonds. The number of nitro benzene ring substituents is 1. The lowest BCUT2D eigenvalue weighted by molar-refractivity contribution is -0.384. The number of nitro groups is 1. The maximum absolute atomic E-state index is 13.8. The van der Waals surface area contributed by atoms with Crippen LogP contribution in [0.5, 0.6) is 0 Å². The normalized spacial score (nSPS) is 24.9. The highest BCUT2D eigenvalue weighted by Gasteiger charge is 2.63. The smallest absolute Gasteiger partial charge is 0.294 e. The third-order valence-corrected chi connectivity index (χ3v) is 10.5. The van der Waals surface area contributed by atoms with E-state index in [-0.39, 0.29) is 51.2 Å². The summed E-state index contributed by atoms with van der Waals surface area (Å²) in [5.41, 5.74) is 0.868. The number of nitrogens with one attached hydrogen (secondary N) is 2. The lowest BCUT2D eigenvalue weighted by Gasteiger charge is -2.25. The lowest BCUT2D eigenvalue weighted by Crippen LogP contribution is -2.36. The third kappa shape index (κ3) is 4.15. The average molecular weight is 621 g/mol. The van der Waals surface area contributed by atoms with Crippen molar-refractivity contribution in [2.75, 3.05) is 31.5 Å². The monoisotopic (exact) mass is 619 g/mol. The van der Waals surface area contributed by atoms with Gasteiger partial charge >= 0.3 is 0 Å². The fraction of sp³-hybridized carbons (Fsp3) is 0.433. The van der Waals surface area contributed by atoms with E-state index in [2.05, 4.69) is 40.1 Å². The zero-order valence-electron chi connectivity index (χ0n) is 22.8. The number of hydrogen-bond donors (Lipinski definition) is 2. The first-order chi connectivity index (χ1) is 19.5. The van der Waals surface area contributed by atoms with Gasteiger partial charge in [0.05, 0.1) is 22.1 Å². The van der Waals surface area contributed by atoms with Crippen LogP contribution in [0.3, 0.4) is 0 Å². The molecular formula is C30H30BrN5O5. The van der Waals surface area contributed by atoms with Gasteiger partial charge in [0.25, 0.3) is 17.5 Å². The molecule has 2 aromatic carbocycles. The number of H-pyrrole nitrogens is 1. The van der Waals surface area contributed by atoms with Crippen LogP contribution >= 0.6 is 15.9 Å². The van der Waals surface area contributed by atoms with E-state index < -0.39 is 4.92 Å². The number of carbonyl (C=O) groups is 2. The van der Waals surface area contributed by atoms with Crippen molar-refractivity contribution in [1.82, 2.24) is 14.8 Å². The van der Waals surface area contributed by atoms with Crippen molar-refractivity contribution >= 4 is 50.0 Å². The van der Waals surface area contributed by atoms with Crippen LogP contribution in [0.15, 0.2) is 51.7 Å². The molecule has 0 radical (unpaired) electrons. The van der Waals surface area contributed by atoms with E-state index in [1.54, 1.807) is 23.1 Å². The zero-order valence-corrected chi connectivity index (χ0v) is 24.4. The fourth-order valence-electron chi connectivity index (χ4n) is 7.24. The van der Waals surface area contributed by atoms with Crippen molar-refractivity contribution in [3.63, 3.8) is 0 Å². The number of halogens is 1. The number of amides is 2. The second-order valence-electron chi connectivity index (χ2n) is 12.7. The molecule has 1 spiro atoms. The molecule has 212 valence electrons. The number of para-hydroxylation sites is 1. The number of aromatic nitrogens is 1. The van der Waals surface area contributed by atoms with Crippen LogP contribution in [0.1, 0.15) is 47.4 Å². The molecule has 2 unspecified atom stereocenters. The molecular weight excluding hydrogens is 590 g/mol. The summed E-state index contributed by atoms with van der Waals surface area (Å²) >= 11 is 3.37. The summed E-state index contributed by atoms with van der Waals surface area (Å²) in [4.78, 5) is 57.9. The SMILES string of the molecule is CC1(C)C2CN(C(=O)c3cc(Br)cc([N+](=O)[O-])c3N[C@H]3CN(C(=O)c4cc(=O)[nH]c5ccccc45)CC34CC4)CC21. The van der Waals surface area contributed by atoms with Crippen molar-refractivity contribution in [2.24, 2.45) is 22.7 Å². The summed E-state index contributed by atoms with van der Waals surface area (Å²) in [6, 6.07) is 11.3. The largest absolute Gasteiger partial charge is 0.374 e. The summed E-state index contributed by atoms with van der Waals surface area (Å²) in [5, 5.41) is 16.3. The van der Waals surface area contributed by atoms with Gasteiger partial charge in [-0.1, -0.05) is 48.0 Å². The van der Waals surface area contributed by atoms with E-state index in [0.717, 1.165) is 12.8 Å². The second kappa shape index (κ2) is 8.88. The van der Waals surface area contributed by atoms with E-state index in [1.807, 2.05) is 17.0 Å². The lowest BCUT2D eigenvalue weighted by atomic mass is 9.99. The first kappa shape index (κ1) is 26.2. The van der Waals surface area contributed by atoms with Crippen molar-refractivity contribution in [3.05, 3.63) is 78.5 Å². The summed E-state index contributed by atoms with van der Waals surface area (Å²) in [5.74, 6) is 0.444. The first-order valence-electron chi connectivity index (χ1n) is 13.9. The molecule has 4 aliphatic rings. The molecule has 3 atom stereocenters. The van der Waals surface area contributed by atoms with Gasteiger partial charge in [-0.05, 0) is 42.2 Å². The van der Waals surface area contributed by atoms with Crippen LogP contribution < -0.4 is 10.9 Å². The molecule has 3 heterocycles. The first-order valence-corrected chi connectivity index (χ1v) is 14.7. The van der Waals surface area contributed by atoms with E-state index >= 15 is 0 Å². The van der Waals surface area contributed by atoms with Gasteiger partial charge in [0.1, 0.15) is 5.69 Å². The molecule has 2 aliphatic heterocycles. The van der Waals surface area contributed by atoms with E-state index in [1.165, 1.54) is 12.1 Å². The number of fused-ring (bicyclic) bond motifs is 2. The van der Waals surface area contributed by atoms with Crippen LogP contribution in [0.2, 0.25) is 0 Å². The molecule has 4 fully saturated rings. The molecule has 11 heteroatoms. The number of piperidine rings is 1. The van der Waals surface area contributed by atoms with Crippen LogP contribution in [0.25, 0.3) is 10.9 Å². The fourth-order valence-corrected chi connectivity index (χ4v) is 7.69. The summed E-state index contributed by atoms with van der Waals surface area (Å²) in [6.45, 7) is 6.52. The minimum absolute atomic E-state index is 0.173. The van der Waals surface area contributed by atoms with Crippen molar-refractivity contribution in [3.8, 4) is 0 Å². The molecule has 7 rings (SSSR count). The highest BCUT2D eigenvalue weighted by molar-refractivity contribution is 9.10. The predicted octanol–water partition coefficient (Wildman–Crippen LogP) is 4.64. The Bertz CT molecular complexity index is 1700. The van der Waals surface area contributed by atoms with E-state index in [9.17, 15) is 24.5 Å². The Morgan fingerprint density at radius 1 is 1.02 bits per heavy atom. The Kier molecular flexibility index (Phi) is 5.67. The molecule has 2 aliphatic carbocycles. The number of aromatic amines is 1. The second-order valence-corrected chi connectivity index (χ2v) is 13.6. The molecule has 2 saturated carbocycles. The van der Waals surface area contributed by atoms with E-state index in [4.69, 9.17) is 0 Å². The van der Waals surface area contributed by atoms with Gasteiger partial charge in [-0.25, -0.2) is 0 Å². The van der Waals surface area contributed by atoms with Crippen molar-refractivity contribution in [1.29, 1.82) is 0 Å². The maximum atomic E-state index is 13.8. The number of anilines is 1. The molecule has 0 bridgehead atoms. The number of likely N-dealkylation sites (tertiary alicyclic amines) is 2. The van der Waals surface area contributed by atoms with Crippen molar-refractivity contribution < 1.29 is 14.5 Å². The van der Waals surface area contributed by atoms with Gasteiger partial charge in [0, 0.05) is 59.1 Å². The molecule has 41 heavy (non-hydrogen) atoms. The molecule has 2 N–H and O–H groups in total. The van der Waals surface area contributed by atoms with Gasteiger partial charge in [-0.15, -0.1) is 0 Å². The number of benzene rings is 2. The Hall–Kier alpha value is -3.73. The third-order valence-electron chi connectivity index (χ3n) is 10.0. The summed E-state index contributed by atoms with van der Waals surface area (Å²) < 4.78 is 0.466. The quantitative estimate of drug-likeness (QED) is 0.316. The van der Waals surface area contributed by atoms with Gasteiger partial charge in [-0.2, -0.15) is 0 Å². The zero-order chi connectivity index (χ0) is 28.8. The number of nitrogens with zero attached hydrogens (tertiary/aromatic N) is 3. The number of hydrogen-bond acceptors (Lipinski definition) is 6. The highest BCUT2D eigenvalue weighted by atomic mass is 79.9. The maximum Gasteiger partial charge on any atom is 0.294 e. The highest BCUT2D eigenvalue weighted by Crippen LogP contribution is 2.62. The molecule has 10 nitrogen and oxygen atoms in total. The van der Waals surface area contributed by atoms with Gasteiger partial charge in [0.15, 0.2) is 0 Å². The summed E-state index contributed by atoms with van der Waals surface area (Å²) in [7, 11) is 0. The number of rotatable bonds is 5. The molecule has 1 aromatic heterocycles. The topological polar surface area (TPSA) is 129 Å². The summed E-state index contributed by atoms with van der Waals surface area (Å²) in [6.07, 6.45) is 1.73. The van der Waals surface area contributed by atoms with Crippen LogP contribution in [-0.4, -0.2) is 63.7 Å². The minimum atomic E-state index is -0.464. The Morgan fingerprint density at radius 3 is 2.39 bits per heavy atom. The Morgan fingerprint density at radius 2 is 1.71 bits per heavy atom. The van der Waals surface area contributed by atoms with Crippen LogP contribution in [0, 0.1) is 32.8 Å². The van der Waals surface area contributed by atoms with Gasteiger partial charge in [0.2, 0.25) is 5.56 Å². The van der Waals surface area contributed by atoms with Crippen LogP contribution in [0.4, 0.5) is 11.4 Å². The Balaban J connectivity index is 1.20. The van der Waals surface area contributed by atoms with E-state index in [0.29, 0.717) is 59.0 Å². The average Bonchev–Trinajstić information content (AvgIpc) is 3.63. The van der Waals surface area contributed by atoms with Gasteiger partial charge < -0.3 is 20.1 Å². The Labute approximate surface area is 244 Å².